The van der Waals surface area contributed by atoms with Crippen LogP contribution >= 0.6 is 0 Å². The van der Waals surface area contributed by atoms with Crippen LogP contribution in [0.1, 0.15) is 43.7 Å². The first kappa shape index (κ1) is 33.4. The maximum absolute atomic E-state index is 12.9. The Bertz CT molecular complexity index is 1490. The Labute approximate surface area is 264 Å². The maximum Gasteiger partial charge on any atom is 0.311 e. The fourth-order valence-electron chi connectivity index (χ4n) is 5.70. The number of hydrogen-bond donors (Lipinski definition) is 1. The van der Waals surface area contributed by atoms with E-state index in [1.807, 2.05) is 60.7 Å². The van der Waals surface area contributed by atoms with E-state index >= 15 is 0 Å². The molecule has 0 radical (unpaired) electrons. The molecule has 0 aliphatic heterocycles. The van der Waals surface area contributed by atoms with Crippen LogP contribution < -0.4 is 4.74 Å². The van der Waals surface area contributed by atoms with E-state index in [1.54, 1.807) is 12.1 Å². The van der Waals surface area contributed by atoms with Gasteiger partial charge in [0, 0.05) is 18.6 Å². The zero-order chi connectivity index (χ0) is 32.1. The van der Waals surface area contributed by atoms with E-state index in [2.05, 4.69) is 31.2 Å². The molecule has 0 fully saturated rings. The van der Waals surface area contributed by atoms with Gasteiger partial charge in [0.25, 0.3) is 5.69 Å². The SMILES string of the molecule is CCC[C@@](CCc1ccccc1)(CC(O)C(Cc1cccc([N+](=O)[O-])c1)C(=O)OC)OCOc1ccc(-c2ccccc2)cc1. The van der Waals surface area contributed by atoms with Gasteiger partial charge in [0.15, 0.2) is 6.79 Å². The van der Waals surface area contributed by atoms with Crippen molar-refractivity contribution in [1.29, 1.82) is 0 Å². The molecule has 2 unspecified atom stereocenters. The summed E-state index contributed by atoms with van der Waals surface area (Å²) in [4.78, 5) is 23.8. The zero-order valence-electron chi connectivity index (χ0n) is 25.8. The number of nitrogens with zero attached hydrogens (tertiary/aromatic N) is 1. The number of esters is 1. The molecule has 3 atom stereocenters. The molecule has 0 spiro atoms. The van der Waals surface area contributed by atoms with Gasteiger partial charge in [-0.25, -0.2) is 0 Å². The molecular formula is C37H41NO7. The normalized spacial score (nSPS) is 13.8. The summed E-state index contributed by atoms with van der Waals surface area (Å²) in [5.74, 6) is -0.876. The number of carbonyl (C=O) groups is 1. The fraction of sp³-hybridized carbons (Fsp3) is 0.324. The number of aliphatic hydroxyl groups excluding tert-OH is 1. The highest BCUT2D eigenvalue weighted by Crippen LogP contribution is 2.34. The molecule has 1 N–H and O–H groups in total. The lowest BCUT2D eigenvalue weighted by Gasteiger charge is -2.37. The predicted octanol–water partition coefficient (Wildman–Crippen LogP) is 7.57. The summed E-state index contributed by atoms with van der Waals surface area (Å²) in [6.07, 6.45) is 1.79. The first-order valence-electron chi connectivity index (χ1n) is 15.3. The van der Waals surface area contributed by atoms with Crippen molar-refractivity contribution >= 4 is 11.7 Å². The molecule has 4 aromatic rings. The smallest absolute Gasteiger partial charge is 0.311 e. The number of aliphatic hydroxyl groups is 1. The fourth-order valence-corrected chi connectivity index (χ4v) is 5.70. The molecular weight excluding hydrogens is 570 g/mol. The monoisotopic (exact) mass is 611 g/mol. The Kier molecular flexibility index (Phi) is 12.2. The summed E-state index contributed by atoms with van der Waals surface area (Å²) in [6, 6.07) is 34.0. The van der Waals surface area contributed by atoms with Crippen LogP contribution in [0.25, 0.3) is 11.1 Å². The number of non-ortho nitro benzene ring substituents is 1. The van der Waals surface area contributed by atoms with Crippen LogP contribution in [0.3, 0.4) is 0 Å². The molecule has 0 amide bonds. The molecule has 0 aromatic heterocycles. The minimum absolute atomic E-state index is 0.0417. The molecule has 0 saturated carbocycles. The summed E-state index contributed by atoms with van der Waals surface area (Å²) in [5, 5.41) is 22.9. The molecule has 236 valence electrons. The van der Waals surface area contributed by atoms with Gasteiger partial charge in [-0.1, -0.05) is 98.3 Å². The van der Waals surface area contributed by atoms with E-state index in [0.29, 0.717) is 30.6 Å². The molecule has 0 aliphatic rings. The van der Waals surface area contributed by atoms with Crippen molar-refractivity contribution in [2.75, 3.05) is 13.9 Å². The minimum Gasteiger partial charge on any atom is -0.469 e. The van der Waals surface area contributed by atoms with Crippen molar-refractivity contribution in [3.05, 3.63) is 130 Å². The van der Waals surface area contributed by atoms with Crippen LogP contribution in [-0.2, 0) is 27.1 Å². The highest BCUT2D eigenvalue weighted by Gasteiger charge is 2.38. The van der Waals surface area contributed by atoms with Gasteiger partial charge in [-0.3, -0.25) is 14.9 Å². The van der Waals surface area contributed by atoms with Crippen molar-refractivity contribution in [3.8, 4) is 16.9 Å². The van der Waals surface area contributed by atoms with Gasteiger partial charge in [0.1, 0.15) is 5.75 Å². The molecule has 4 aromatic carbocycles. The molecule has 0 heterocycles. The second-order valence-corrected chi connectivity index (χ2v) is 11.2. The third kappa shape index (κ3) is 9.73. The zero-order valence-corrected chi connectivity index (χ0v) is 25.8. The van der Waals surface area contributed by atoms with Crippen molar-refractivity contribution < 1.29 is 29.0 Å². The topological polar surface area (TPSA) is 108 Å². The van der Waals surface area contributed by atoms with Gasteiger partial charge >= 0.3 is 5.97 Å². The van der Waals surface area contributed by atoms with Crippen molar-refractivity contribution in [1.82, 2.24) is 0 Å². The molecule has 8 heteroatoms. The quantitative estimate of drug-likeness (QED) is 0.0568. The first-order valence-corrected chi connectivity index (χ1v) is 15.3. The Morgan fingerprint density at radius 2 is 1.51 bits per heavy atom. The van der Waals surface area contributed by atoms with Crippen LogP contribution in [0.4, 0.5) is 5.69 Å². The lowest BCUT2D eigenvalue weighted by Crippen LogP contribution is -2.43. The molecule has 8 nitrogen and oxygen atoms in total. The number of ether oxygens (including phenoxy) is 3. The second kappa shape index (κ2) is 16.5. The Balaban J connectivity index is 1.53. The molecule has 45 heavy (non-hydrogen) atoms. The Hall–Kier alpha value is -4.53. The lowest BCUT2D eigenvalue weighted by atomic mass is 9.80. The lowest BCUT2D eigenvalue weighted by molar-refractivity contribution is -0.384. The van der Waals surface area contributed by atoms with E-state index in [1.165, 1.54) is 19.2 Å². The van der Waals surface area contributed by atoms with Crippen LogP contribution in [0.15, 0.2) is 109 Å². The van der Waals surface area contributed by atoms with Crippen LogP contribution in [0, 0.1) is 16.0 Å². The summed E-state index contributed by atoms with van der Waals surface area (Å²) < 4.78 is 17.6. The van der Waals surface area contributed by atoms with Gasteiger partial charge in [-0.15, -0.1) is 0 Å². The van der Waals surface area contributed by atoms with Gasteiger partial charge in [0.2, 0.25) is 0 Å². The first-order chi connectivity index (χ1) is 21.8. The van der Waals surface area contributed by atoms with E-state index in [-0.39, 0.29) is 25.3 Å². The number of nitro benzene ring substituents is 1. The van der Waals surface area contributed by atoms with Crippen LogP contribution in [-0.4, -0.2) is 41.6 Å². The Morgan fingerprint density at radius 3 is 2.16 bits per heavy atom. The van der Waals surface area contributed by atoms with E-state index in [4.69, 9.17) is 14.2 Å². The van der Waals surface area contributed by atoms with Gasteiger partial charge in [0.05, 0.1) is 29.7 Å². The standard InChI is InChI=1S/C37H41NO7/c1-3-22-37(23-21-28-11-6-4-7-12-28,45-27-44-33-19-17-31(18-20-33)30-14-8-5-9-15-30)26-35(39)34(36(40)43-2)25-29-13-10-16-32(24-29)38(41)42/h4-20,24,34-35,39H,3,21-23,25-27H2,1-2H3/t34?,35?,37-/m1/s1. The second-order valence-electron chi connectivity index (χ2n) is 11.2. The largest absolute Gasteiger partial charge is 0.469 e. The number of benzene rings is 4. The van der Waals surface area contributed by atoms with E-state index < -0.39 is 28.5 Å². The predicted molar refractivity (Wildman–Crippen MR) is 174 cm³/mol. The number of rotatable bonds is 17. The Morgan fingerprint density at radius 1 is 0.867 bits per heavy atom. The average Bonchev–Trinajstić information content (AvgIpc) is 3.07. The van der Waals surface area contributed by atoms with Gasteiger partial charge < -0.3 is 19.3 Å². The highest BCUT2D eigenvalue weighted by molar-refractivity contribution is 5.73. The van der Waals surface area contributed by atoms with Crippen molar-refractivity contribution in [2.45, 2.75) is 57.2 Å². The summed E-state index contributed by atoms with van der Waals surface area (Å²) in [6.45, 7) is 2.01. The molecule has 4 rings (SSSR count). The number of aryl methyl sites for hydroxylation is 1. The highest BCUT2D eigenvalue weighted by atomic mass is 16.7. The number of methoxy groups -OCH3 is 1. The van der Waals surface area contributed by atoms with Crippen molar-refractivity contribution in [2.24, 2.45) is 5.92 Å². The third-order valence-electron chi connectivity index (χ3n) is 8.10. The minimum atomic E-state index is -1.14. The number of carbonyl (C=O) groups excluding carboxylic acids is 1. The molecule has 0 saturated heterocycles. The van der Waals surface area contributed by atoms with Crippen molar-refractivity contribution in [3.63, 3.8) is 0 Å². The number of hydrogen-bond acceptors (Lipinski definition) is 7. The summed E-state index contributed by atoms with van der Waals surface area (Å²) in [7, 11) is 1.28. The van der Waals surface area contributed by atoms with Gasteiger partial charge in [-0.05, 0) is 60.1 Å². The maximum atomic E-state index is 12.9. The average molecular weight is 612 g/mol. The summed E-state index contributed by atoms with van der Waals surface area (Å²) in [5.41, 5.74) is 2.99. The van der Waals surface area contributed by atoms with Gasteiger partial charge in [-0.2, -0.15) is 0 Å². The van der Waals surface area contributed by atoms with Crippen LogP contribution in [0.2, 0.25) is 0 Å². The summed E-state index contributed by atoms with van der Waals surface area (Å²) >= 11 is 0. The molecule has 0 aliphatic carbocycles. The van der Waals surface area contributed by atoms with Crippen LogP contribution in [0.5, 0.6) is 5.75 Å². The van der Waals surface area contributed by atoms with E-state index in [9.17, 15) is 20.0 Å². The third-order valence-corrected chi connectivity index (χ3v) is 8.10. The number of nitro groups is 1. The van der Waals surface area contributed by atoms with E-state index in [0.717, 1.165) is 23.1 Å². The molecule has 0 bridgehead atoms.